The molecule has 1 aliphatic carbocycles. The minimum atomic E-state index is -2.85. The summed E-state index contributed by atoms with van der Waals surface area (Å²) < 4.78 is 33.8. The van der Waals surface area contributed by atoms with E-state index < -0.39 is 17.9 Å². The number of rotatable bonds is 7. The van der Waals surface area contributed by atoms with Crippen LogP contribution in [0, 0.1) is 19.3 Å². The molecule has 0 aliphatic heterocycles. The second-order valence-corrected chi connectivity index (χ2v) is 9.49. The lowest BCUT2D eigenvalue weighted by Gasteiger charge is -2.29. The van der Waals surface area contributed by atoms with Gasteiger partial charge in [0.2, 0.25) is 0 Å². The largest absolute Gasteiger partial charge is 0.487 e. The molecular formula is C23H36F2N2O. The second kappa shape index (κ2) is 9.23. The van der Waals surface area contributed by atoms with E-state index in [1.165, 1.54) is 32.1 Å². The monoisotopic (exact) mass is 394 g/mol. The number of halogens is 2. The summed E-state index contributed by atoms with van der Waals surface area (Å²) in [6, 6.07) is 4.29. The van der Waals surface area contributed by atoms with Gasteiger partial charge in [-0.25, -0.2) is 13.8 Å². The molecular weight excluding hydrogens is 358 g/mol. The fourth-order valence-corrected chi connectivity index (χ4v) is 3.82. The predicted octanol–water partition coefficient (Wildman–Crippen LogP) is 6.68. The van der Waals surface area contributed by atoms with Crippen LogP contribution < -0.4 is 4.74 Å². The quantitative estimate of drug-likeness (QED) is 0.381. The Bertz CT molecular complexity index is 674. The van der Waals surface area contributed by atoms with Crippen molar-refractivity contribution in [1.82, 2.24) is 4.90 Å². The standard InChI is InChI=1S/C23H36F2N2O/c1-17-13-21(28-15-23(24,25)14-22(3,4)5)18(2)12-20(17)26-16-27(6)19-10-8-7-9-11-19/h12-13,16,19H,7-11,14-15H2,1-6H3. The first-order chi connectivity index (χ1) is 13.0. The summed E-state index contributed by atoms with van der Waals surface area (Å²) in [6.07, 6.45) is 8.03. The van der Waals surface area contributed by atoms with Crippen molar-refractivity contribution in [2.45, 2.75) is 85.1 Å². The fourth-order valence-electron chi connectivity index (χ4n) is 3.82. The number of nitrogens with zero attached hydrogens (tertiary/aromatic N) is 2. The summed E-state index contributed by atoms with van der Waals surface area (Å²) in [5, 5.41) is 0. The molecule has 1 aromatic rings. The summed E-state index contributed by atoms with van der Waals surface area (Å²) in [5.41, 5.74) is 2.16. The Morgan fingerprint density at radius 1 is 1.11 bits per heavy atom. The van der Waals surface area contributed by atoms with Crippen LogP contribution in [0.4, 0.5) is 14.5 Å². The number of aliphatic imine (C=N–C) groups is 1. The molecule has 1 aliphatic rings. The van der Waals surface area contributed by atoms with E-state index in [0.29, 0.717) is 11.8 Å². The molecule has 5 heteroatoms. The van der Waals surface area contributed by atoms with Crippen molar-refractivity contribution in [3.05, 3.63) is 23.3 Å². The Labute approximate surface area is 169 Å². The molecule has 0 radical (unpaired) electrons. The molecule has 0 spiro atoms. The van der Waals surface area contributed by atoms with E-state index >= 15 is 0 Å². The van der Waals surface area contributed by atoms with Gasteiger partial charge in [0.25, 0.3) is 5.92 Å². The van der Waals surface area contributed by atoms with Gasteiger partial charge in [-0.05, 0) is 55.4 Å². The van der Waals surface area contributed by atoms with Gasteiger partial charge in [-0.2, -0.15) is 0 Å². The van der Waals surface area contributed by atoms with Gasteiger partial charge < -0.3 is 9.64 Å². The third-order valence-electron chi connectivity index (χ3n) is 5.25. The van der Waals surface area contributed by atoms with Crippen molar-refractivity contribution in [3.63, 3.8) is 0 Å². The first-order valence-corrected chi connectivity index (χ1v) is 10.3. The lowest BCUT2D eigenvalue weighted by molar-refractivity contribution is -0.0696. The molecule has 1 aromatic carbocycles. The summed E-state index contributed by atoms with van der Waals surface area (Å²) in [4.78, 5) is 6.84. The smallest absolute Gasteiger partial charge is 0.281 e. The summed E-state index contributed by atoms with van der Waals surface area (Å²) in [5.74, 6) is -2.34. The van der Waals surface area contributed by atoms with E-state index in [1.54, 1.807) is 0 Å². The number of hydrogen-bond acceptors (Lipinski definition) is 2. The maximum absolute atomic E-state index is 14.1. The van der Waals surface area contributed by atoms with Crippen molar-refractivity contribution < 1.29 is 13.5 Å². The maximum Gasteiger partial charge on any atom is 0.281 e. The zero-order chi connectivity index (χ0) is 20.9. The summed E-state index contributed by atoms with van der Waals surface area (Å²) >= 11 is 0. The molecule has 0 atom stereocenters. The minimum Gasteiger partial charge on any atom is -0.487 e. The predicted molar refractivity (Wildman–Crippen MR) is 113 cm³/mol. The van der Waals surface area contributed by atoms with Crippen LogP contribution in [-0.4, -0.2) is 36.9 Å². The highest BCUT2D eigenvalue weighted by atomic mass is 19.3. The number of ether oxygens (including phenoxy) is 1. The molecule has 158 valence electrons. The summed E-state index contributed by atoms with van der Waals surface area (Å²) in [7, 11) is 2.08. The highest BCUT2D eigenvalue weighted by Gasteiger charge is 2.35. The van der Waals surface area contributed by atoms with E-state index in [-0.39, 0.29) is 6.42 Å². The van der Waals surface area contributed by atoms with Crippen LogP contribution in [0.1, 0.15) is 70.4 Å². The van der Waals surface area contributed by atoms with Crippen molar-refractivity contribution in [3.8, 4) is 5.75 Å². The molecule has 0 unspecified atom stereocenters. The molecule has 0 saturated heterocycles. The zero-order valence-electron chi connectivity index (χ0n) is 18.3. The minimum absolute atomic E-state index is 0.200. The fraction of sp³-hybridized carbons (Fsp3) is 0.696. The lowest BCUT2D eigenvalue weighted by atomic mass is 9.89. The van der Waals surface area contributed by atoms with E-state index in [4.69, 9.17) is 4.74 Å². The second-order valence-electron chi connectivity index (χ2n) is 9.49. The molecule has 0 amide bonds. The molecule has 3 nitrogen and oxygen atoms in total. The number of benzene rings is 1. The van der Waals surface area contributed by atoms with Gasteiger partial charge in [-0.3, -0.25) is 0 Å². The van der Waals surface area contributed by atoms with Gasteiger partial charge in [0.1, 0.15) is 5.75 Å². The van der Waals surface area contributed by atoms with Gasteiger partial charge >= 0.3 is 0 Å². The highest BCUT2D eigenvalue weighted by Crippen LogP contribution is 2.34. The molecule has 2 rings (SSSR count). The average Bonchev–Trinajstić information content (AvgIpc) is 2.59. The van der Waals surface area contributed by atoms with Gasteiger partial charge in [-0.15, -0.1) is 0 Å². The molecule has 0 heterocycles. The van der Waals surface area contributed by atoms with Gasteiger partial charge in [0, 0.05) is 19.5 Å². The Morgan fingerprint density at radius 2 is 1.75 bits per heavy atom. The normalized spacial score (nSPS) is 16.6. The van der Waals surface area contributed by atoms with Crippen LogP contribution in [0.5, 0.6) is 5.75 Å². The lowest BCUT2D eigenvalue weighted by Crippen LogP contribution is -2.32. The van der Waals surface area contributed by atoms with Crippen molar-refractivity contribution in [2.75, 3.05) is 13.7 Å². The molecule has 0 N–H and O–H groups in total. The third-order valence-corrected chi connectivity index (χ3v) is 5.25. The summed E-state index contributed by atoms with van der Waals surface area (Å²) in [6.45, 7) is 8.65. The van der Waals surface area contributed by atoms with Crippen molar-refractivity contribution in [2.24, 2.45) is 10.4 Å². The Hall–Kier alpha value is -1.65. The van der Waals surface area contributed by atoms with Crippen LogP contribution in [0.25, 0.3) is 0 Å². The number of alkyl halides is 2. The van der Waals surface area contributed by atoms with E-state index in [9.17, 15) is 8.78 Å². The molecule has 0 bridgehead atoms. The Kier molecular flexibility index (Phi) is 7.46. The topological polar surface area (TPSA) is 24.8 Å². The van der Waals surface area contributed by atoms with Crippen LogP contribution >= 0.6 is 0 Å². The van der Waals surface area contributed by atoms with E-state index in [2.05, 4.69) is 16.9 Å². The van der Waals surface area contributed by atoms with Gasteiger partial charge in [0.15, 0.2) is 6.61 Å². The molecule has 1 fully saturated rings. The van der Waals surface area contributed by atoms with Crippen LogP contribution in [0.15, 0.2) is 17.1 Å². The Balaban J connectivity index is 2.02. The van der Waals surface area contributed by atoms with Crippen LogP contribution in [-0.2, 0) is 0 Å². The highest BCUT2D eigenvalue weighted by molar-refractivity contribution is 5.64. The first-order valence-electron chi connectivity index (χ1n) is 10.3. The van der Waals surface area contributed by atoms with Gasteiger partial charge in [0.05, 0.1) is 12.0 Å². The number of hydrogen-bond donors (Lipinski definition) is 0. The molecule has 0 aromatic heterocycles. The van der Waals surface area contributed by atoms with Crippen LogP contribution in [0.3, 0.4) is 0 Å². The third kappa shape index (κ3) is 7.06. The van der Waals surface area contributed by atoms with Crippen molar-refractivity contribution >= 4 is 12.0 Å². The van der Waals surface area contributed by atoms with E-state index in [1.807, 2.05) is 53.1 Å². The average molecular weight is 395 g/mol. The molecule has 1 saturated carbocycles. The van der Waals surface area contributed by atoms with Crippen LogP contribution in [0.2, 0.25) is 0 Å². The zero-order valence-corrected chi connectivity index (χ0v) is 18.3. The maximum atomic E-state index is 14.1. The number of aryl methyl sites for hydroxylation is 2. The van der Waals surface area contributed by atoms with Crippen molar-refractivity contribution in [1.29, 1.82) is 0 Å². The Morgan fingerprint density at radius 3 is 2.36 bits per heavy atom. The SMILES string of the molecule is Cc1cc(OCC(F)(F)CC(C)(C)C)c(C)cc1N=CN(C)C1CCCCC1. The molecule has 28 heavy (non-hydrogen) atoms. The van der Waals surface area contributed by atoms with E-state index in [0.717, 1.165) is 16.8 Å². The first kappa shape index (κ1) is 22.6. The van der Waals surface area contributed by atoms with Gasteiger partial charge in [-0.1, -0.05) is 40.0 Å².